The van der Waals surface area contributed by atoms with Crippen molar-refractivity contribution in [1.29, 1.82) is 0 Å². The highest BCUT2D eigenvalue weighted by Gasteiger charge is 2.30. The minimum atomic E-state index is -1.80. The van der Waals surface area contributed by atoms with Crippen molar-refractivity contribution in [1.82, 2.24) is 5.32 Å². The fourth-order valence-electron chi connectivity index (χ4n) is 3.93. The Balaban J connectivity index is 1.66. The number of halogens is 1. The van der Waals surface area contributed by atoms with Crippen molar-refractivity contribution in [2.75, 3.05) is 21.7 Å². The average molecular weight is 488 g/mol. The van der Waals surface area contributed by atoms with E-state index in [0.717, 1.165) is 31.2 Å². The zero-order valence-electron chi connectivity index (χ0n) is 19.4. The molecule has 182 valence electrons. The molecular formula is C25H30FN3O4S. The lowest BCUT2D eigenvalue weighted by molar-refractivity contribution is -0.125. The predicted octanol–water partition coefficient (Wildman–Crippen LogP) is 3.30. The highest BCUT2D eigenvalue weighted by molar-refractivity contribution is 7.86. The number of hydrogen-bond donors (Lipinski definition) is 2. The summed E-state index contributed by atoms with van der Waals surface area (Å²) in [5.74, 6) is -2.56. The summed E-state index contributed by atoms with van der Waals surface area (Å²) in [7, 11) is -1.80. The summed E-state index contributed by atoms with van der Waals surface area (Å²) >= 11 is 0. The van der Waals surface area contributed by atoms with Gasteiger partial charge < -0.3 is 10.6 Å². The maximum atomic E-state index is 13.2. The van der Waals surface area contributed by atoms with Gasteiger partial charge in [-0.25, -0.2) is 4.39 Å². The molecule has 0 spiro atoms. The van der Waals surface area contributed by atoms with Gasteiger partial charge in [-0.1, -0.05) is 30.5 Å². The van der Waals surface area contributed by atoms with E-state index in [1.54, 1.807) is 19.1 Å². The molecule has 9 heteroatoms. The van der Waals surface area contributed by atoms with Crippen molar-refractivity contribution >= 4 is 39.9 Å². The van der Waals surface area contributed by atoms with Gasteiger partial charge in [0.1, 0.15) is 23.4 Å². The maximum absolute atomic E-state index is 13.2. The summed E-state index contributed by atoms with van der Waals surface area (Å²) < 4.78 is 25.6. The van der Waals surface area contributed by atoms with Gasteiger partial charge in [-0.3, -0.25) is 23.5 Å². The zero-order valence-corrected chi connectivity index (χ0v) is 20.2. The molecule has 3 amide bonds. The van der Waals surface area contributed by atoms with Crippen LogP contribution in [0.1, 0.15) is 38.2 Å². The van der Waals surface area contributed by atoms with Gasteiger partial charge in [0.15, 0.2) is 0 Å². The Bertz CT molecular complexity index is 1040. The number of anilines is 2. The SMILES string of the molecule is Cc1ccc(N(C(=O)CS(=O)CC(=O)Nc2ccc(F)cc2)C(C)C(=O)NC2CCCC2)cc1. The van der Waals surface area contributed by atoms with Gasteiger partial charge in [-0.2, -0.15) is 0 Å². The van der Waals surface area contributed by atoms with E-state index in [2.05, 4.69) is 10.6 Å². The van der Waals surface area contributed by atoms with Gasteiger partial charge >= 0.3 is 0 Å². The number of amides is 3. The van der Waals surface area contributed by atoms with E-state index in [-0.39, 0.29) is 11.9 Å². The van der Waals surface area contributed by atoms with Crippen molar-refractivity contribution < 1.29 is 23.0 Å². The lowest BCUT2D eigenvalue weighted by Crippen LogP contribution is -2.51. The second-order valence-electron chi connectivity index (χ2n) is 8.55. The first kappa shape index (κ1) is 25.6. The van der Waals surface area contributed by atoms with Crippen LogP contribution in [0, 0.1) is 12.7 Å². The van der Waals surface area contributed by atoms with Gasteiger partial charge in [0.2, 0.25) is 17.7 Å². The minimum Gasteiger partial charge on any atom is -0.352 e. The fraction of sp³-hybridized carbons (Fsp3) is 0.400. The molecule has 2 aromatic rings. The quantitative estimate of drug-likeness (QED) is 0.567. The monoisotopic (exact) mass is 487 g/mol. The van der Waals surface area contributed by atoms with Crippen molar-refractivity contribution in [2.45, 2.75) is 51.6 Å². The summed E-state index contributed by atoms with van der Waals surface area (Å²) in [6.45, 7) is 3.56. The minimum absolute atomic E-state index is 0.106. The molecule has 0 heterocycles. The van der Waals surface area contributed by atoms with Crippen LogP contribution in [0.25, 0.3) is 0 Å². The number of nitrogens with zero attached hydrogens (tertiary/aromatic N) is 1. The molecule has 34 heavy (non-hydrogen) atoms. The Morgan fingerprint density at radius 2 is 1.65 bits per heavy atom. The molecule has 0 saturated heterocycles. The number of benzene rings is 2. The highest BCUT2D eigenvalue weighted by atomic mass is 32.2. The van der Waals surface area contributed by atoms with Crippen molar-refractivity contribution in [2.24, 2.45) is 0 Å². The summed E-state index contributed by atoms with van der Waals surface area (Å²) in [5, 5.41) is 5.55. The molecule has 7 nitrogen and oxygen atoms in total. The maximum Gasteiger partial charge on any atom is 0.243 e. The molecule has 1 fully saturated rings. The van der Waals surface area contributed by atoms with Crippen molar-refractivity contribution in [3.05, 3.63) is 59.9 Å². The molecule has 2 aromatic carbocycles. The topological polar surface area (TPSA) is 95.6 Å². The first-order valence-corrected chi connectivity index (χ1v) is 12.8. The molecule has 2 N–H and O–H groups in total. The Morgan fingerprint density at radius 1 is 1.03 bits per heavy atom. The van der Waals surface area contributed by atoms with Crippen molar-refractivity contribution in [3.63, 3.8) is 0 Å². The second kappa shape index (κ2) is 11.9. The largest absolute Gasteiger partial charge is 0.352 e. The first-order chi connectivity index (χ1) is 16.2. The van der Waals surface area contributed by atoms with Crippen LogP contribution in [0.2, 0.25) is 0 Å². The Labute approximate surface area is 201 Å². The summed E-state index contributed by atoms with van der Waals surface area (Å²) in [4.78, 5) is 39.6. The molecule has 3 rings (SSSR count). The zero-order chi connectivity index (χ0) is 24.7. The second-order valence-corrected chi connectivity index (χ2v) is 10.0. The third-order valence-corrected chi connectivity index (χ3v) is 6.91. The van der Waals surface area contributed by atoms with Gasteiger partial charge in [0, 0.05) is 28.2 Å². The van der Waals surface area contributed by atoms with Gasteiger partial charge in [-0.05, 0) is 63.1 Å². The Morgan fingerprint density at radius 3 is 2.26 bits per heavy atom. The van der Waals surface area contributed by atoms with Crippen LogP contribution in [0.3, 0.4) is 0 Å². The van der Waals surface area contributed by atoms with Crippen molar-refractivity contribution in [3.8, 4) is 0 Å². The molecule has 0 radical (unpaired) electrons. The van der Waals surface area contributed by atoms with Gasteiger partial charge in [0.25, 0.3) is 0 Å². The summed E-state index contributed by atoms with van der Waals surface area (Å²) in [6, 6.07) is 11.7. The van der Waals surface area contributed by atoms with Crippen LogP contribution in [-0.2, 0) is 25.2 Å². The van der Waals surface area contributed by atoms with Crippen LogP contribution in [0.4, 0.5) is 15.8 Å². The standard InChI is InChI=1S/C25H30FN3O4S/c1-17-7-13-22(14-8-17)29(18(2)25(32)28-20-5-3-4-6-20)24(31)16-34(33)15-23(30)27-21-11-9-19(26)10-12-21/h7-14,18,20H,3-6,15-16H2,1-2H3,(H,27,30)(H,28,32). The van der Waals surface area contributed by atoms with E-state index < -0.39 is 46.0 Å². The lowest BCUT2D eigenvalue weighted by Gasteiger charge is -2.29. The van der Waals surface area contributed by atoms with Crippen LogP contribution in [0.5, 0.6) is 0 Å². The molecule has 1 saturated carbocycles. The van der Waals surface area contributed by atoms with Crippen LogP contribution in [-0.4, -0.2) is 45.5 Å². The van der Waals surface area contributed by atoms with Crippen LogP contribution in [0.15, 0.2) is 48.5 Å². The predicted molar refractivity (Wildman–Crippen MR) is 131 cm³/mol. The normalized spacial score (nSPS) is 15.4. The number of rotatable bonds is 9. The smallest absolute Gasteiger partial charge is 0.243 e. The highest BCUT2D eigenvalue weighted by Crippen LogP contribution is 2.21. The lowest BCUT2D eigenvalue weighted by atomic mass is 10.1. The van der Waals surface area contributed by atoms with E-state index in [1.807, 2.05) is 19.1 Å². The molecule has 1 aliphatic rings. The number of aryl methyl sites for hydroxylation is 1. The van der Waals surface area contributed by atoms with Crippen LogP contribution >= 0.6 is 0 Å². The van der Waals surface area contributed by atoms with E-state index >= 15 is 0 Å². The number of carbonyl (C=O) groups is 3. The molecular weight excluding hydrogens is 457 g/mol. The van der Waals surface area contributed by atoms with Crippen LogP contribution < -0.4 is 15.5 Å². The third-order valence-electron chi connectivity index (χ3n) is 5.75. The number of nitrogens with one attached hydrogen (secondary N) is 2. The van der Waals surface area contributed by atoms with E-state index in [1.165, 1.54) is 29.2 Å². The fourth-order valence-corrected chi connectivity index (χ4v) is 4.81. The van der Waals surface area contributed by atoms with E-state index in [4.69, 9.17) is 0 Å². The summed E-state index contributed by atoms with van der Waals surface area (Å²) in [5.41, 5.74) is 1.89. The molecule has 2 unspecified atom stereocenters. The molecule has 0 aliphatic heterocycles. The Kier molecular flexibility index (Phi) is 8.92. The van der Waals surface area contributed by atoms with Gasteiger partial charge in [0.05, 0.1) is 0 Å². The summed E-state index contributed by atoms with van der Waals surface area (Å²) in [6.07, 6.45) is 3.98. The average Bonchev–Trinajstić information content (AvgIpc) is 3.29. The van der Waals surface area contributed by atoms with Gasteiger partial charge in [-0.15, -0.1) is 0 Å². The molecule has 0 bridgehead atoms. The molecule has 1 aliphatic carbocycles. The first-order valence-electron chi connectivity index (χ1n) is 11.3. The Hall–Kier alpha value is -3.07. The molecule has 2 atom stereocenters. The van der Waals surface area contributed by atoms with E-state index in [0.29, 0.717) is 11.4 Å². The third kappa shape index (κ3) is 7.21. The molecule has 0 aromatic heterocycles. The number of hydrogen-bond acceptors (Lipinski definition) is 4. The van der Waals surface area contributed by atoms with E-state index in [9.17, 15) is 23.0 Å². The number of carbonyl (C=O) groups excluding carboxylic acids is 3.